The van der Waals surface area contributed by atoms with Crippen LogP contribution in [0.15, 0.2) is 17.1 Å². The summed E-state index contributed by atoms with van der Waals surface area (Å²) in [6.45, 7) is 2.67. The van der Waals surface area contributed by atoms with Gasteiger partial charge in [-0.1, -0.05) is 6.92 Å². The fraction of sp³-hybridized carbons (Fsp3) is 0.556. The highest BCUT2D eigenvalue weighted by Gasteiger charge is 2.05. The van der Waals surface area contributed by atoms with Crippen molar-refractivity contribution in [3.8, 4) is 0 Å². The normalized spacial score (nSPS) is 12.4. The Bertz CT molecular complexity index is 324. The molecule has 0 bridgehead atoms. The summed E-state index contributed by atoms with van der Waals surface area (Å²) in [4.78, 5) is 10.9. The third kappa shape index (κ3) is 3.18. The van der Waals surface area contributed by atoms with Crippen LogP contribution in [0.25, 0.3) is 0 Å². The predicted octanol–water partition coefficient (Wildman–Crippen LogP) is 0.607. The van der Waals surface area contributed by atoms with E-state index in [1.807, 2.05) is 0 Å². The number of hydrogen-bond donors (Lipinski definition) is 2. The van der Waals surface area contributed by atoms with Crippen molar-refractivity contribution in [2.45, 2.75) is 19.4 Å². The third-order valence-electron chi connectivity index (χ3n) is 1.90. The van der Waals surface area contributed by atoms with E-state index in [4.69, 9.17) is 4.74 Å². The summed E-state index contributed by atoms with van der Waals surface area (Å²) < 4.78 is 5.03. The van der Waals surface area contributed by atoms with E-state index in [1.165, 1.54) is 6.07 Å². The molecular formula is C9H15N3O2. The highest BCUT2D eigenvalue weighted by molar-refractivity contribution is 5.39. The number of hydrogen-bond acceptors (Lipinski definition) is 4. The van der Waals surface area contributed by atoms with Gasteiger partial charge in [0.1, 0.15) is 0 Å². The number of anilines is 1. The van der Waals surface area contributed by atoms with Crippen LogP contribution in [-0.4, -0.2) is 30.0 Å². The van der Waals surface area contributed by atoms with Crippen molar-refractivity contribution in [3.05, 3.63) is 22.6 Å². The number of H-pyrrole nitrogens is 1. The molecule has 1 rings (SSSR count). The van der Waals surface area contributed by atoms with E-state index in [-0.39, 0.29) is 11.6 Å². The molecule has 0 aromatic carbocycles. The number of aromatic nitrogens is 2. The Morgan fingerprint density at radius 1 is 1.71 bits per heavy atom. The summed E-state index contributed by atoms with van der Waals surface area (Å²) in [5.74, 6) is 0. The predicted molar refractivity (Wildman–Crippen MR) is 54.4 cm³/mol. The van der Waals surface area contributed by atoms with Gasteiger partial charge in [-0.05, 0) is 6.42 Å². The summed E-state index contributed by atoms with van der Waals surface area (Å²) in [5.41, 5.74) is 0.514. The van der Waals surface area contributed by atoms with Crippen LogP contribution in [0, 0.1) is 0 Å². The van der Waals surface area contributed by atoms with Gasteiger partial charge in [-0.15, -0.1) is 0 Å². The molecule has 0 saturated heterocycles. The number of nitrogens with one attached hydrogen (secondary N) is 2. The third-order valence-corrected chi connectivity index (χ3v) is 1.90. The number of methoxy groups -OCH3 is 1. The highest BCUT2D eigenvalue weighted by Crippen LogP contribution is 2.04. The zero-order chi connectivity index (χ0) is 10.4. The summed E-state index contributed by atoms with van der Waals surface area (Å²) in [7, 11) is 1.65. The van der Waals surface area contributed by atoms with Gasteiger partial charge in [-0.25, -0.2) is 5.10 Å². The molecule has 0 saturated carbocycles. The topological polar surface area (TPSA) is 67.0 Å². The van der Waals surface area contributed by atoms with Crippen LogP contribution in [-0.2, 0) is 4.74 Å². The van der Waals surface area contributed by atoms with E-state index in [0.717, 1.165) is 12.1 Å². The summed E-state index contributed by atoms with van der Waals surface area (Å²) in [6, 6.07) is 1.69. The Hall–Kier alpha value is -1.36. The molecule has 1 heterocycles. The molecule has 5 heteroatoms. The maximum atomic E-state index is 10.9. The molecule has 1 atom stereocenters. The maximum absolute atomic E-state index is 10.9. The zero-order valence-electron chi connectivity index (χ0n) is 8.41. The van der Waals surface area contributed by atoms with E-state index >= 15 is 0 Å². The number of rotatable bonds is 5. The Morgan fingerprint density at radius 3 is 3.07 bits per heavy atom. The highest BCUT2D eigenvalue weighted by atomic mass is 16.5. The second kappa shape index (κ2) is 5.39. The van der Waals surface area contributed by atoms with Crippen LogP contribution >= 0.6 is 0 Å². The van der Waals surface area contributed by atoms with E-state index < -0.39 is 0 Å². The van der Waals surface area contributed by atoms with Crippen molar-refractivity contribution in [1.82, 2.24) is 10.2 Å². The first-order valence-corrected chi connectivity index (χ1v) is 4.56. The van der Waals surface area contributed by atoms with Crippen molar-refractivity contribution < 1.29 is 4.74 Å². The Kier molecular flexibility index (Phi) is 4.12. The fourth-order valence-electron chi connectivity index (χ4n) is 1.15. The summed E-state index contributed by atoms with van der Waals surface area (Å²) in [6.07, 6.45) is 2.51. The van der Waals surface area contributed by atoms with E-state index in [0.29, 0.717) is 6.61 Å². The summed E-state index contributed by atoms with van der Waals surface area (Å²) >= 11 is 0. The molecule has 5 nitrogen and oxygen atoms in total. The number of nitrogens with zero attached hydrogens (tertiary/aromatic N) is 1. The quantitative estimate of drug-likeness (QED) is 0.725. The van der Waals surface area contributed by atoms with Crippen LogP contribution in [0.1, 0.15) is 13.3 Å². The smallest absolute Gasteiger partial charge is 0.266 e. The van der Waals surface area contributed by atoms with Gasteiger partial charge in [0.15, 0.2) is 0 Å². The van der Waals surface area contributed by atoms with Crippen LogP contribution in [0.5, 0.6) is 0 Å². The molecule has 0 aliphatic heterocycles. The minimum atomic E-state index is -0.206. The molecule has 78 valence electrons. The van der Waals surface area contributed by atoms with Crippen molar-refractivity contribution in [2.24, 2.45) is 0 Å². The number of aromatic amines is 1. The first-order chi connectivity index (χ1) is 6.76. The SMILES string of the molecule is CCC(COC)Nc1cn[nH]c(=O)c1. The molecular weight excluding hydrogens is 182 g/mol. The molecule has 0 aliphatic carbocycles. The average molecular weight is 197 g/mol. The van der Waals surface area contributed by atoms with E-state index in [1.54, 1.807) is 13.3 Å². The molecule has 1 aromatic rings. The average Bonchev–Trinajstić information content (AvgIpc) is 2.17. The van der Waals surface area contributed by atoms with E-state index in [2.05, 4.69) is 22.4 Å². The Morgan fingerprint density at radius 2 is 2.50 bits per heavy atom. The lowest BCUT2D eigenvalue weighted by Crippen LogP contribution is -2.24. The molecule has 14 heavy (non-hydrogen) atoms. The van der Waals surface area contributed by atoms with Gasteiger partial charge in [0, 0.05) is 19.2 Å². The van der Waals surface area contributed by atoms with Crippen molar-refractivity contribution >= 4 is 5.69 Å². The van der Waals surface area contributed by atoms with Crippen LogP contribution in [0.3, 0.4) is 0 Å². The number of ether oxygens (including phenoxy) is 1. The van der Waals surface area contributed by atoms with Crippen LogP contribution in [0.2, 0.25) is 0 Å². The van der Waals surface area contributed by atoms with E-state index in [9.17, 15) is 4.79 Å². The lowest BCUT2D eigenvalue weighted by Gasteiger charge is -2.16. The van der Waals surface area contributed by atoms with Gasteiger partial charge in [0.25, 0.3) is 5.56 Å². The maximum Gasteiger partial charge on any atom is 0.266 e. The molecule has 1 unspecified atom stereocenters. The van der Waals surface area contributed by atoms with Gasteiger partial charge in [0.2, 0.25) is 0 Å². The van der Waals surface area contributed by atoms with Gasteiger partial charge in [0.05, 0.1) is 18.5 Å². The van der Waals surface area contributed by atoms with Crippen LogP contribution in [0.4, 0.5) is 5.69 Å². The van der Waals surface area contributed by atoms with Gasteiger partial charge < -0.3 is 10.1 Å². The molecule has 1 aromatic heterocycles. The minimum Gasteiger partial charge on any atom is -0.383 e. The summed E-state index contributed by atoms with van der Waals surface area (Å²) in [5, 5.41) is 9.17. The van der Waals surface area contributed by atoms with Crippen molar-refractivity contribution in [3.63, 3.8) is 0 Å². The molecule has 0 amide bonds. The standard InChI is InChI=1S/C9H15N3O2/c1-3-7(6-14-2)11-8-4-9(13)12-10-5-8/h4-5,7H,3,6H2,1-2H3,(H2,11,12,13). The molecule has 0 radical (unpaired) electrons. The van der Waals surface area contributed by atoms with Gasteiger partial charge in [-0.3, -0.25) is 4.79 Å². The first kappa shape index (κ1) is 10.7. The monoisotopic (exact) mass is 197 g/mol. The minimum absolute atomic E-state index is 0.206. The zero-order valence-corrected chi connectivity index (χ0v) is 8.41. The van der Waals surface area contributed by atoms with Gasteiger partial charge in [-0.2, -0.15) is 5.10 Å². The molecule has 0 fully saturated rings. The molecule has 0 spiro atoms. The van der Waals surface area contributed by atoms with Gasteiger partial charge >= 0.3 is 0 Å². The Balaban J connectivity index is 2.62. The van der Waals surface area contributed by atoms with Crippen molar-refractivity contribution in [1.29, 1.82) is 0 Å². The van der Waals surface area contributed by atoms with Crippen LogP contribution < -0.4 is 10.9 Å². The second-order valence-electron chi connectivity index (χ2n) is 3.04. The first-order valence-electron chi connectivity index (χ1n) is 4.56. The lowest BCUT2D eigenvalue weighted by atomic mass is 10.2. The lowest BCUT2D eigenvalue weighted by molar-refractivity contribution is 0.184. The van der Waals surface area contributed by atoms with Crippen molar-refractivity contribution in [2.75, 3.05) is 19.0 Å². The fourth-order valence-corrected chi connectivity index (χ4v) is 1.15. The largest absolute Gasteiger partial charge is 0.383 e. The molecule has 2 N–H and O–H groups in total. The molecule has 0 aliphatic rings. The second-order valence-corrected chi connectivity index (χ2v) is 3.04. The Labute approximate surface area is 82.5 Å².